The van der Waals surface area contributed by atoms with Crippen LogP contribution in [0.2, 0.25) is 0 Å². The molecular weight excluding hydrogens is 340 g/mol. The first-order chi connectivity index (χ1) is 13.2. The SMILES string of the molecule is CC(C)CCC[C@@H](C)[C@@H]1CC[C@@H]2[C@@H]3CC[C@@]4(O)CC=CC[C@]4(C)[C@@H]3CC[C@]21C. The fourth-order valence-corrected chi connectivity index (χ4v) is 8.82. The van der Waals surface area contributed by atoms with Crippen LogP contribution in [0.4, 0.5) is 0 Å². The van der Waals surface area contributed by atoms with Gasteiger partial charge in [0.15, 0.2) is 0 Å². The minimum Gasteiger partial charge on any atom is -0.389 e. The summed E-state index contributed by atoms with van der Waals surface area (Å²) in [7, 11) is 0. The number of aliphatic hydroxyl groups is 1. The molecule has 0 amide bonds. The summed E-state index contributed by atoms with van der Waals surface area (Å²) in [5.41, 5.74) is 0.250. The number of rotatable bonds is 5. The summed E-state index contributed by atoms with van der Waals surface area (Å²) < 4.78 is 0. The van der Waals surface area contributed by atoms with Gasteiger partial charge in [-0.05, 0) is 92.3 Å². The van der Waals surface area contributed by atoms with Crippen LogP contribution < -0.4 is 0 Å². The summed E-state index contributed by atoms with van der Waals surface area (Å²) in [6.07, 6.45) is 18.9. The Bertz CT molecular complexity index is 593. The molecule has 0 unspecified atom stereocenters. The summed E-state index contributed by atoms with van der Waals surface area (Å²) in [5.74, 6) is 5.19. The average molecular weight is 387 g/mol. The number of allylic oxidation sites excluding steroid dienone is 1. The third kappa shape index (κ3) is 3.14. The maximum absolute atomic E-state index is 11.5. The molecule has 1 heteroatoms. The first-order valence-electron chi connectivity index (χ1n) is 12.6. The Morgan fingerprint density at radius 1 is 0.893 bits per heavy atom. The first-order valence-corrected chi connectivity index (χ1v) is 12.6. The predicted octanol–water partition coefficient (Wildman–Crippen LogP) is 7.39. The van der Waals surface area contributed by atoms with Crippen molar-refractivity contribution < 1.29 is 5.11 Å². The van der Waals surface area contributed by atoms with Crippen molar-refractivity contribution in [3.63, 3.8) is 0 Å². The van der Waals surface area contributed by atoms with Gasteiger partial charge >= 0.3 is 0 Å². The molecule has 0 heterocycles. The largest absolute Gasteiger partial charge is 0.389 e. The predicted molar refractivity (Wildman–Crippen MR) is 119 cm³/mol. The van der Waals surface area contributed by atoms with E-state index in [0.717, 1.165) is 54.8 Å². The molecule has 4 aliphatic rings. The molecule has 28 heavy (non-hydrogen) atoms. The van der Waals surface area contributed by atoms with Gasteiger partial charge in [0, 0.05) is 5.41 Å². The second-order valence-corrected chi connectivity index (χ2v) is 12.3. The lowest BCUT2D eigenvalue weighted by Crippen LogP contribution is -2.60. The van der Waals surface area contributed by atoms with Gasteiger partial charge in [0.2, 0.25) is 0 Å². The Labute approximate surface area is 174 Å². The zero-order valence-electron chi connectivity index (χ0n) is 19.3. The van der Waals surface area contributed by atoms with Gasteiger partial charge in [-0.15, -0.1) is 0 Å². The second kappa shape index (κ2) is 7.44. The van der Waals surface area contributed by atoms with Gasteiger partial charge in [-0.1, -0.05) is 66.0 Å². The normalized spacial score (nSPS) is 48.8. The molecule has 8 atom stereocenters. The fourth-order valence-electron chi connectivity index (χ4n) is 8.82. The van der Waals surface area contributed by atoms with Gasteiger partial charge in [0.25, 0.3) is 0 Å². The van der Waals surface area contributed by atoms with Crippen molar-refractivity contribution >= 4 is 0 Å². The van der Waals surface area contributed by atoms with E-state index >= 15 is 0 Å². The molecule has 0 bridgehead atoms. The Morgan fingerprint density at radius 2 is 1.64 bits per heavy atom. The molecule has 0 aliphatic heterocycles. The maximum Gasteiger partial charge on any atom is 0.0741 e. The highest BCUT2D eigenvalue weighted by Crippen LogP contribution is 2.68. The lowest BCUT2D eigenvalue weighted by atomic mass is 9.44. The van der Waals surface area contributed by atoms with Crippen LogP contribution in [0.3, 0.4) is 0 Å². The Morgan fingerprint density at radius 3 is 2.39 bits per heavy atom. The minimum atomic E-state index is -0.432. The van der Waals surface area contributed by atoms with Crippen LogP contribution in [0.1, 0.15) is 105 Å². The zero-order chi connectivity index (χ0) is 20.2. The van der Waals surface area contributed by atoms with Crippen LogP contribution in [0, 0.1) is 46.3 Å². The molecule has 1 nitrogen and oxygen atoms in total. The van der Waals surface area contributed by atoms with Crippen molar-refractivity contribution in [1.82, 2.24) is 0 Å². The van der Waals surface area contributed by atoms with Crippen molar-refractivity contribution in [2.75, 3.05) is 0 Å². The molecule has 4 rings (SSSR count). The van der Waals surface area contributed by atoms with Crippen LogP contribution in [-0.2, 0) is 0 Å². The molecule has 160 valence electrons. The lowest BCUT2D eigenvalue weighted by Gasteiger charge is -2.63. The van der Waals surface area contributed by atoms with E-state index < -0.39 is 5.60 Å². The molecule has 3 saturated carbocycles. The van der Waals surface area contributed by atoms with Gasteiger partial charge in [-0.2, -0.15) is 0 Å². The Kier molecular flexibility index (Phi) is 5.56. The summed E-state index contributed by atoms with van der Waals surface area (Å²) in [4.78, 5) is 0. The van der Waals surface area contributed by atoms with E-state index in [-0.39, 0.29) is 5.41 Å². The van der Waals surface area contributed by atoms with Crippen molar-refractivity contribution in [2.24, 2.45) is 46.3 Å². The lowest BCUT2D eigenvalue weighted by molar-refractivity contribution is -0.188. The van der Waals surface area contributed by atoms with Gasteiger partial charge < -0.3 is 5.11 Å². The molecular formula is C27H46O. The number of hydrogen-bond donors (Lipinski definition) is 1. The van der Waals surface area contributed by atoms with Crippen LogP contribution in [0.5, 0.6) is 0 Å². The van der Waals surface area contributed by atoms with E-state index in [9.17, 15) is 5.11 Å². The molecule has 0 radical (unpaired) electrons. The number of hydrogen-bond acceptors (Lipinski definition) is 1. The second-order valence-electron chi connectivity index (χ2n) is 12.3. The van der Waals surface area contributed by atoms with Crippen molar-refractivity contribution in [2.45, 2.75) is 111 Å². The molecule has 0 aromatic carbocycles. The minimum absolute atomic E-state index is 0.118. The van der Waals surface area contributed by atoms with E-state index in [2.05, 4.69) is 46.8 Å². The van der Waals surface area contributed by atoms with E-state index in [1.54, 1.807) is 0 Å². The molecule has 0 saturated heterocycles. The highest BCUT2D eigenvalue weighted by Gasteiger charge is 2.63. The highest BCUT2D eigenvalue weighted by atomic mass is 16.3. The Hall–Kier alpha value is -0.300. The number of fused-ring (bicyclic) bond motifs is 5. The van der Waals surface area contributed by atoms with Gasteiger partial charge in [-0.3, -0.25) is 0 Å². The Balaban J connectivity index is 1.50. The summed E-state index contributed by atoms with van der Waals surface area (Å²) in [5, 5.41) is 11.5. The third-order valence-corrected chi connectivity index (χ3v) is 10.6. The average Bonchev–Trinajstić information content (AvgIpc) is 2.99. The van der Waals surface area contributed by atoms with Gasteiger partial charge in [0.1, 0.15) is 0 Å². The molecule has 0 aromatic heterocycles. The van der Waals surface area contributed by atoms with E-state index in [1.165, 1.54) is 51.4 Å². The van der Waals surface area contributed by atoms with E-state index in [4.69, 9.17) is 0 Å². The summed E-state index contributed by atoms with van der Waals surface area (Å²) >= 11 is 0. The van der Waals surface area contributed by atoms with Crippen molar-refractivity contribution in [3.05, 3.63) is 12.2 Å². The monoisotopic (exact) mass is 386 g/mol. The molecule has 1 N–H and O–H groups in total. The quantitative estimate of drug-likeness (QED) is 0.488. The van der Waals surface area contributed by atoms with Crippen LogP contribution in [-0.4, -0.2) is 10.7 Å². The summed E-state index contributed by atoms with van der Waals surface area (Å²) in [6.45, 7) is 12.4. The molecule has 4 aliphatic carbocycles. The highest BCUT2D eigenvalue weighted by molar-refractivity contribution is 5.17. The standard InChI is InChI=1S/C27H46O/c1-19(2)9-8-10-20(3)22-11-12-23-21-13-18-27(28)16-7-6-15-26(27,5)24(21)14-17-25(22,23)4/h6-7,19-24,28H,8-18H2,1-5H3/t20-,21+,22+,23-,24-,25+,26-,27+/m1/s1. The first kappa shape index (κ1) is 21.0. The molecule has 3 fully saturated rings. The zero-order valence-corrected chi connectivity index (χ0v) is 19.3. The van der Waals surface area contributed by atoms with Crippen LogP contribution in [0.15, 0.2) is 12.2 Å². The molecule has 0 aromatic rings. The topological polar surface area (TPSA) is 20.2 Å². The van der Waals surface area contributed by atoms with E-state index in [0.29, 0.717) is 5.41 Å². The van der Waals surface area contributed by atoms with E-state index in [1.807, 2.05) is 0 Å². The van der Waals surface area contributed by atoms with Crippen LogP contribution >= 0.6 is 0 Å². The molecule has 0 spiro atoms. The third-order valence-electron chi connectivity index (χ3n) is 10.6. The summed E-state index contributed by atoms with van der Waals surface area (Å²) in [6, 6.07) is 0. The van der Waals surface area contributed by atoms with Gasteiger partial charge in [0.05, 0.1) is 5.60 Å². The smallest absolute Gasteiger partial charge is 0.0741 e. The van der Waals surface area contributed by atoms with Gasteiger partial charge in [-0.25, -0.2) is 0 Å². The fraction of sp³-hybridized carbons (Fsp3) is 0.926. The van der Waals surface area contributed by atoms with Crippen LogP contribution in [0.25, 0.3) is 0 Å². The maximum atomic E-state index is 11.5. The van der Waals surface area contributed by atoms with Crippen molar-refractivity contribution in [1.29, 1.82) is 0 Å². The van der Waals surface area contributed by atoms with Crippen molar-refractivity contribution in [3.8, 4) is 0 Å².